The maximum atomic E-state index is 13.9. The largest absolute Gasteiger partial charge is 0.491 e. The zero-order valence-electron chi connectivity index (χ0n) is 13.2. The summed E-state index contributed by atoms with van der Waals surface area (Å²) in [5, 5.41) is 0. The molecule has 1 saturated heterocycles. The first-order valence-electron chi connectivity index (χ1n) is 7.09. The highest BCUT2D eigenvalue weighted by molar-refractivity contribution is 7.80. The Morgan fingerprint density at radius 3 is 2.33 bits per heavy atom. The van der Waals surface area contributed by atoms with Crippen LogP contribution in [0.2, 0.25) is 0 Å². The quantitative estimate of drug-likeness (QED) is 0.670. The molecule has 114 valence electrons. The summed E-state index contributed by atoms with van der Waals surface area (Å²) in [5.74, 6) is 0.195. The molecule has 0 bridgehead atoms. The van der Waals surface area contributed by atoms with E-state index in [4.69, 9.17) is 9.31 Å². The van der Waals surface area contributed by atoms with Crippen molar-refractivity contribution in [3.8, 4) is 0 Å². The van der Waals surface area contributed by atoms with Gasteiger partial charge in [0.05, 0.1) is 11.2 Å². The molecule has 1 aliphatic heterocycles. The SMILES string of the molecule is Cc1ccc(F)c(C=C(CS)B2OC(C)(C)C(C)(C)O2)c1. The lowest BCUT2D eigenvalue weighted by Crippen LogP contribution is -2.41. The van der Waals surface area contributed by atoms with E-state index < -0.39 is 18.3 Å². The molecule has 0 radical (unpaired) electrons. The fourth-order valence-electron chi connectivity index (χ4n) is 2.16. The topological polar surface area (TPSA) is 18.5 Å². The van der Waals surface area contributed by atoms with Crippen LogP contribution in [0.15, 0.2) is 23.7 Å². The van der Waals surface area contributed by atoms with Gasteiger partial charge in [-0.2, -0.15) is 12.6 Å². The van der Waals surface area contributed by atoms with Gasteiger partial charge in [-0.1, -0.05) is 17.7 Å². The van der Waals surface area contributed by atoms with Gasteiger partial charge in [0.2, 0.25) is 0 Å². The molecule has 0 N–H and O–H groups in total. The van der Waals surface area contributed by atoms with Gasteiger partial charge in [0.1, 0.15) is 5.82 Å². The second kappa shape index (κ2) is 5.78. The van der Waals surface area contributed by atoms with E-state index in [1.807, 2.05) is 40.7 Å². The Morgan fingerprint density at radius 1 is 1.24 bits per heavy atom. The van der Waals surface area contributed by atoms with Crippen molar-refractivity contribution >= 4 is 25.8 Å². The van der Waals surface area contributed by atoms with Crippen LogP contribution in [0.3, 0.4) is 0 Å². The highest BCUT2D eigenvalue weighted by Crippen LogP contribution is 2.39. The molecule has 1 fully saturated rings. The molecule has 1 aromatic carbocycles. The maximum Gasteiger partial charge on any atom is 0.491 e. The molecule has 0 amide bonds. The van der Waals surface area contributed by atoms with Gasteiger partial charge in [0, 0.05) is 11.3 Å². The first-order chi connectivity index (χ1) is 9.66. The molecule has 2 rings (SSSR count). The average molecular weight is 308 g/mol. The summed E-state index contributed by atoms with van der Waals surface area (Å²) in [7, 11) is -0.493. The minimum absolute atomic E-state index is 0.253. The average Bonchev–Trinajstić information content (AvgIpc) is 2.59. The minimum Gasteiger partial charge on any atom is -0.400 e. The van der Waals surface area contributed by atoms with Crippen molar-refractivity contribution < 1.29 is 13.7 Å². The third kappa shape index (κ3) is 3.36. The third-order valence-corrected chi connectivity index (χ3v) is 4.60. The zero-order chi connectivity index (χ0) is 15.8. The number of hydrogen-bond acceptors (Lipinski definition) is 3. The van der Waals surface area contributed by atoms with Crippen molar-refractivity contribution in [2.24, 2.45) is 0 Å². The summed E-state index contributed by atoms with van der Waals surface area (Å²) >= 11 is 4.34. The molecule has 1 aliphatic rings. The Bertz CT molecular complexity index is 553. The predicted molar refractivity (Wildman–Crippen MR) is 89.0 cm³/mol. The van der Waals surface area contributed by atoms with E-state index in [1.165, 1.54) is 6.07 Å². The minimum atomic E-state index is -0.493. The Kier molecular flexibility index (Phi) is 4.57. The number of aryl methyl sites for hydroxylation is 1. The highest BCUT2D eigenvalue weighted by Gasteiger charge is 2.52. The van der Waals surface area contributed by atoms with Crippen LogP contribution in [-0.4, -0.2) is 24.1 Å². The highest BCUT2D eigenvalue weighted by atomic mass is 32.1. The van der Waals surface area contributed by atoms with Gasteiger partial charge in [-0.3, -0.25) is 0 Å². The van der Waals surface area contributed by atoms with Gasteiger partial charge >= 0.3 is 7.12 Å². The number of benzene rings is 1. The number of halogens is 1. The lowest BCUT2D eigenvalue weighted by molar-refractivity contribution is 0.00578. The monoisotopic (exact) mass is 308 g/mol. The van der Waals surface area contributed by atoms with E-state index in [1.54, 1.807) is 12.1 Å². The molecule has 21 heavy (non-hydrogen) atoms. The van der Waals surface area contributed by atoms with E-state index in [0.717, 1.165) is 11.0 Å². The molecular formula is C16H22BFO2S. The Hall–Kier alpha value is -0.775. The molecule has 1 heterocycles. The van der Waals surface area contributed by atoms with Crippen LogP contribution >= 0.6 is 12.6 Å². The van der Waals surface area contributed by atoms with E-state index in [9.17, 15) is 4.39 Å². The molecule has 0 aromatic heterocycles. The van der Waals surface area contributed by atoms with Crippen LogP contribution in [0.5, 0.6) is 0 Å². The maximum absolute atomic E-state index is 13.9. The van der Waals surface area contributed by atoms with Crippen LogP contribution in [0, 0.1) is 12.7 Å². The summed E-state index contributed by atoms with van der Waals surface area (Å²) < 4.78 is 25.9. The van der Waals surface area contributed by atoms with Gasteiger partial charge in [-0.15, -0.1) is 0 Å². The molecule has 0 spiro atoms. The summed E-state index contributed by atoms with van der Waals surface area (Å²) in [6.07, 6.45) is 1.78. The zero-order valence-corrected chi connectivity index (χ0v) is 14.1. The van der Waals surface area contributed by atoms with E-state index in [-0.39, 0.29) is 5.82 Å². The summed E-state index contributed by atoms with van der Waals surface area (Å²) in [4.78, 5) is 0. The molecule has 5 heteroatoms. The lowest BCUT2D eigenvalue weighted by Gasteiger charge is -2.32. The van der Waals surface area contributed by atoms with Crippen molar-refractivity contribution in [3.05, 3.63) is 40.6 Å². The predicted octanol–water partition coefficient (Wildman–Crippen LogP) is 4.08. The molecule has 0 atom stereocenters. The van der Waals surface area contributed by atoms with Crippen molar-refractivity contribution in [1.82, 2.24) is 0 Å². The number of thiol groups is 1. The lowest BCUT2D eigenvalue weighted by atomic mass is 9.78. The van der Waals surface area contributed by atoms with Gasteiger partial charge in [-0.25, -0.2) is 4.39 Å². The van der Waals surface area contributed by atoms with Crippen LogP contribution in [0.4, 0.5) is 4.39 Å². The van der Waals surface area contributed by atoms with Crippen LogP contribution in [0.1, 0.15) is 38.8 Å². The number of rotatable bonds is 3. The van der Waals surface area contributed by atoms with Crippen LogP contribution in [-0.2, 0) is 9.31 Å². The van der Waals surface area contributed by atoms with Crippen molar-refractivity contribution in [3.63, 3.8) is 0 Å². The van der Waals surface area contributed by atoms with E-state index in [0.29, 0.717) is 11.3 Å². The molecular weight excluding hydrogens is 286 g/mol. The smallest absolute Gasteiger partial charge is 0.400 e. The Morgan fingerprint density at radius 2 is 1.81 bits per heavy atom. The molecule has 0 unspecified atom stereocenters. The van der Waals surface area contributed by atoms with Gasteiger partial charge < -0.3 is 9.31 Å². The van der Waals surface area contributed by atoms with Crippen molar-refractivity contribution in [2.45, 2.75) is 45.8 Å². The Labute approximate surface area is 132 Å². The third-order valence-electron chi connectivity index (χ3n) is 4.23. The summed E-state index contributed by atoms with van der Waals surface area (Å²) in [6.45, 7) is 9.92. The van der Waals surface area contributed by atoms with Crippen molar-refractivity contribution in [1.29, 1.82) is 0 Å². The second-order valence-electron chi connectivity index (χ2n) is 6.49. The van der Waals surface area contributed by atoms with Gasteiger partial charge in [0.15, 0.2) is 0 Å². The first-order valence-corrected chi connectivity index (χ1v) is 7.72. The second-order valence-corrected chi connectivity index (χ2v) is 6.81. The van der Waals surface area contributed by atoms with Gasteiger partial charge in [-0.05, 0) is 52.2 Å². The fraction of sp³-hybridized carbons (Fsp3) is 0.500. The summed E-state index contributed by atoms with van der Waals surface area (Å²) in [5.41, 5.74) is 1.54. The molecule has 0 saturated carbocycles. The van der Waals surface area contributed by atoms with Crippen LogP contribution < -0.4 is 0 Å². The van der Waals surface area contributed by atoms with Crippen molar-refractivity contribution in [2.75, 3.05) is 5.75 Å². The first kappa shape index (κ1) is 16.6. The van der Waals surface area contributed by atoms with Gasteiger partial charge in [0.25, 0.3) is 0 Å². The van der Waals surface area contributed by atoms with Crippen LogP contribution in [0.25, 0.3) is 6.08 Å². The molecule has 0 aliphatic carbocycles. The fourth-order valence-corrected chi connectivity index (χ4v) is 2.40. The van der Waals surface area contributed by atoms with E-state index in [2.05, 4.69) is 12.6 Å². The standard InChI is InChI=1S/C16H22BFO2S/c1-11-6-7-14(18)12(8-11)9-13(10-21)17-19-15(2,3)16(4,5)20-17/h6-9,21H,10H2,1-5H3. The molecule has 1 aromatic rings. The van der Waals surface area contributed by atoms with E-state index >= 15 is 0 Å². The number of hydrogen-bond donors (Lipinski definition) is 1. The summed E-state index contributed by atoms with van der Waals surface area (Å²) in [6, 6.07) is 5.04. The Balaban J connectivity index is 2.33. The molecule has 2 nitrogen and oxygen atoms in total. The normalized spacial score (nSPS) is 20.9.